The minimum Gasteiger partial charge on any atom is -0.506 e. The zero-order valence-electron chi connectivity index (χ0n) is 8.60. The van der Waals surface area contributed by atoms with E-state index in [1.54, 1.807) is 30.8 Å². The van der Waals surface area contributed by atoms with Crippen LogP contribution in [0.4, 0.5) is 0 Å². The van der Waals surface area contributed by atoms with Crippen molar-refractivity contribution in [2.75, 3.05) is 0 Å². The van der Waals surface area contributed by atoms with Gasteiger partial charge in [-0.15, -0.1) is 5.10 Å². The van der Waals surface area contributed by atoms with Gasteiger partial charge in [-0.3, -0.25) is 4.68 Å². The maximum absolute atomic E-state index is 9.35. The van der Waals surface area contributed by atoms with Crippen LogP contribution < -0.4 is 0 Å². The predicted octanol–water partition coefficient (Wildman–Crippen LogP) is 1.07. The molecule has 0 aliphatic heterocycles. The first-order chi connectivity index (χ1) is 7.09. The van der Waals surface area contributed by atoms with Gasteiger partial charge in [-0.25, -0.2) is 4.98 Å². The van der Waals surface area contributed by atoms with Gasteiger partial charge in [0.2, 0.25) is 0 Å². The Morgan fingerprint density at radius 1 is 1.40 bits per heavy atom. The number of aromatic nitrogens is 4. The summed E-state index contributed by atoms with van der Waals surface area (Å²) in [6.45, 7) is 5.58. The Kier molecular flexibility index (Phi) is 2.15. The smallest absolute Gasteiger partial charge is 0.136 e. The molecule has 15 heavy (non-hydrogen) atoms. The van der Waals surface area contributed by atoms with Crippen LogP contribution in [0.15, 0.2) is 12.1 Å². The Morgan fingerprint density at radius 3 is 2.67 bits per heavy atom. The average Bonchev–Trinajstić information content (AvgIpc) is 2.53. The van der Waals surface area contributed by atoms with Crippen LogP contribution >= 0.6 is 0 Å². The first kappa shape index (κ1) is 9.64. The number of hydrogen-bond acceptors (Lipinski definition) is 4. The summed E-state index contributed by atoms with van der Waals surface area (Å²) in [7, 11) is 1.77. The molecule has 5 heteroatoms. The van der Waals surface area contributed by atoms with E-state index in [4.69, 9.17) is 0 Å². The maximum atomic E-state index is 9.35. The summed E-state index contributed by atoms with van der Waals surface area (Å²) in [6.07, 6.45) is 0. The Labute approximate surface area is 87.4 Å². The Morgan fingerprint density at radius 2 is 2.13 bits per heavy atom. The van der Waals surface area contributed by atoms with E-state index in [1.807, 2.05) is 0 Å². The van der Waals surface area contributed by atoms with E-state index >= 15 is 0 Å². The first-order valence-electron chi connectivity index (χ1n) is 4.48. The molecule has 0 aromatic carbocycles. The fourth-order valence-electron chi connectivity index (χ4n) is 1.26. The minimum atomic E-state index is 0.174. The second-order valence-corrected chi connectivity index (χ2v) is 3.31. The van der Waals surface area contributed by atoms with Crippen LogP contribution in [-0.4, -0.2) is 25.1 Å². The number of nitrogens with zero attached hydrogens (tertiary/aromatic N) is 4. The Hall–Kier alpha value is -1.91. The molecule has 2 aromatic heterocycles. The van der Waals surface area contributed by atoms with Crippen molar-refractivity contribution >= 4 is 0 Å². The molecular formula is C10H11N4O. The second-order valence-electron chi connectivity index (χ2n) is 3.31. The molecule has 0 fully saturated rings. The average molecular weight is 203 g/mol. The molecule has 1 N–H and O–H groups in total. The number of rotatable bonds is 1. The van der Waals surface area contributed by atoms with Crippen molar-refractivity contribution in [3.63, 3.8) is 0 Å². The van der Waals surface area contributed by atoms with Gasteiger partial charge >= 0.3 is 0 Å². The molecule has 0 saturated carbocycles. The number of aromatic hydroxyl groups is 1. The van der Waals surface area contributed by atoms with Gasteiger partial charge < -0.3 is 5.11 Å². The van der Waals surface area contributed by atoms with Crippen molar-refractivity contribution in [2.45, 2.75) is 6.92 Å². The van der Waals surface area contributed by atoms with Crippen LogP contribution in [-0.2, 0) is 7.05 Å². The molecule has 0 atom stereocenters. The molecule has 0 aliphatic rings. The van der Waals surface area contributed by atoms with Crippen LogP contribution in [0.25, 0.3) is 11.4 Å². The highest BCUT2D eigenvalue weighted by atomic mass is 16.3. The fraction of sp³-hybridized carbons (Fsp3) is 0.200. The van der Waals surface area contributed by atoms with E-state index in [2.05, 4.69) is 22.2 Å². The molecule has 0 aliphatic carbocycles. The van der Waals surface area contributed by atoms with Crippen LogP contribution in [0.2, 0.25) is 0 Å². The summed E-state index contributed by atoms with van der Waals surface area (Å²) in [6, 6.07) is 3.28. The molecule has 77 valence electrons. The molecule has 0 amide bonds. The summed E-state index contributed by atoms with van der Waals surface area (Å²) in [5, 5.41) is 17.2. The van der Waals surface area contributed by atoms with Gasteiger partial charge in [0, 0.05) is 7.05 Å². The van der Waals surface area contributed by atoms with E-state index < -0.39 is 0 Å². The summed E-state index contributed by atoms with van der Waals surface area (Å²) < 4.78 is 1.58. The normalized spacial score (nSPS) is 10.6. The zero-order chi connectivity index (χ0) is 11.0. The van der Waals surface area contributed by atoms with Crippen LogP contribution in [0.3, 0.4) is 0 Å². The Balaban J connectivity index is 2.55. The van der Waals surface area contributed by atoms with Crippen LogP contribution in [0, 0.1) is 13.8 Å². The molecule has 1 radical (unpaired) electrons. The van der Waals surface area contributed by atoms with Gasteiger partial charge in [-0.1, -0.05) is 5.21 Å². The van der Waals surface area contributed by atoms with Gasteiger partial charge in [0.1, 0.15) is 11.4 Å². The summed E-state index contributed by atoms with van der Waals surface area (Å²) in [5.74, 6) is 0.174. The lowest BCUT2D eigenvalue weighted by atomic mass is 10.2. The van der Waals surface area contributed by atoms with Crippen molar-refractivity contribution < 1.29 is 5.11 Å². The van der Waals surface area contributed by atoms with E-state index in [1.165, 1.54) is 0 Å². The third-order valence-corrected chi connectivity index (χ3v) is 2.24. The molecule has 2 heterocycles. The minimum absolute atomic E-state index is 0.174. The lowest BCUT2D eigenvalue weighted by Crippen LogP contribution is -1.93. The molecule has 0 spiro atoms. The topological polar surface area (TPSA) is 63.8 Å². The van der Waals surface area contributed by atoms with Crippen molar-refractivity contribution in [3.05, 3.63) is 30.4 Å². The molecular weight excluding hydrogens is 192 g/mol. The van der Waals surface area contributed by atoms with Crippen molar-refractivity contribution in [1.29, 1.82) is 0 Å². The predicted molar refractivity (Wildman–Crippen MR) is 55.1 cm³/mol. The van der Waals surface area contributed by atoms with Gasteiger partial charge in [-0.2, -0.15) is 0 Å². The van der Waals surface area contributed by atoms with E-state index in [0.29, 0.717) is 22.8 Å². The highest BCUT2D eigenvalue weighted by Crippen LogP contribution is 2.21. The molecule has 5 nitrogen and oxygen atoms in total. The fourth-order valence-corrected chi connectivity index (χ4v) is 1.26. The van der Waals surface area contributed by atoms with Crippen molar-refractivity contribution in [2.24, 2.45) is 7.05 Å². The lowest BCUT2D eigenvalue weighted by molar-refractivity contribution is 0.468. The van der Waals surface area contributed by atoms with Crippen molar-refractivity contribution in [1.82, 2.24) is 20.0 Å². The third kappa shape index (κ3) is 1.56. The molecule has 0 bridgehead atoms. The Bertz CT molecular complexity index is 504. The number of pyridine rings is 1. The van der Waals surface area contributed by atoms with E-state index in [-0.39, 0.29) is 5.75 Å². The van der Waals surface area contributed by atoms with E-state index in [0.717, 1.165) is 0 Å². The van der Waals surface area contributed by atoms with E-state index in [9.17, 15) is 5.11 Å². The number of aryl methyl sites for hydroxylation is 2. The quantitative estimate of drug-likeness (QED) is 0.753. The second kappa shape index (κ2) is 3.34. The molecule has 0 unspecified atom stereocenters. The van der Waals surface area contributed by atoms with Gasteiger partial charge in [0.15, 0.2) is 0 Å². The summed E-state index contributed by atoms with van der Waals surface area (Å²) in [4.78, 5) is 4.21. The standard InChI is InChI=1S/C10H11N4O/c1-6-9(15)5-4-8(11-6)10-7(2)14(3)13-12-10/h4-5,15H,2H2,1,3H3. The van der Waals surface area contributed by atoms with Crippen molar-refractivity contribution in [3.8, 4) is 17.1 Å². The molecule has 2 aromatic rings. The SMILES string of the molecule is [CH2]c1c(-c2ccc(O)c(C)n2)nnn1C. The highest BCUT2D eigenvalue weighted by molar-refractivity contribution is 5.58. The monoisotopic (exact) mass is 203 g/mol. The molecule has 0 saturated heterocycles. The maximum Gasteiger partial charge on any atom is 0.136 e. The van der Waals surface area contributed by atoms with Crippen LogP contribution in [0.5, 0.6) is 5.75 Å². The van der Waals surface area contributed by atoms with Crippen LogP contribution in [0.1, 0.15) is 11.4 Å². The van der Waals surface area contributed by atoms with Gasteiger partial charge in [-0.05, 0) is 26.0 Å². The third-order valence-electron chi connectivity index (χ3n) is 2.24. The zero-order valence-corrected chi connectivity index (χ0v) is 8.60. The number of hydrogen-bond donors (Lipinski definition) is 1. The summed E-state index contributed by atoms with van der Waals surface area (Å²) in [5.41, 5.74) is 2.58. The first-order valence-corrected chi connectivity index (χ1v) is 4.48. The highest BCUT2D eigenvalue weighted by Gasteiger charge is 2.10. The van der Waals surface area contributed by atoms with Gasteiger partial charge in [0.05, 0.1) is 17.1 Å². The molecule has 2 rings (SSSR count). The largest absolute Gasteiger partial charge is 0.506 e. The lowest BCUT2D eigenvalue weighted by Gasteiger charge is -2.01. The van der Waals surface area contributed by atoms with Gasteiger partial charge in [0.25, 0.3) is 0 Å². The summed E-state index contributed by atoms with van der Waals surface area (Å²) >= 11 is 0.